The molecule has 2 aromatic rings. The second-order valence-corrected chi connectivity index (χ2v) is 4.12. The van der Waals surface area contributed by atoms with Crippen molar-refractivity contribution in [3.05, 3.63) is 42.0 Å². The molecule has 0 spiro atoms. The fraction of sp³-hybridized carbons (Fsp3) is 0.286. The minimum Gasteiger partial charge on any atom is -0.495 e. The number of aryl methyl sites for hydroxylation is 1. The van der Waals surface area contributed by atoms with Crippen molar-refractivity contribution < 1.29 is 4.74 Å². The molecule has 2 rings (SSSR count). The van der Waals surface area contributed by atoms with Crippen molar-refractivity contribution in [3.8, 4) is 11.4 Å². The van der Waals surface area contributed by atoms with Gasteiger partial charge in [-0.05, 0) is 31.5 Å². The van der Waals surface area contributed by atoms with Gasteiger partial charge < -0.3 is 9.30 Å². The minimum atomic E-state index is 0.813. The van der Waals surface area contributed by atoms with Gasteiger partial charge in [-0.25, -0.2) is 4.98 Å². The lowest BCUT2D eigenvalue weighted by atomic mass is 10.1. The Morgan fingerprint density at radius 3 is 2.72 bits per heavy atom. The van der Waals surface area contributed by atoms with Gasteiger partial charge in [0.15, 0.2) is 0 Å². The summed E-state index contributed by atoms with van der Waals surface area (Å²) in [6.45, 7) is 3.95. The van der Waals surface area contributed by atoms with E-state index in [2.05, 4.69) is 9.98 Å². The summed E-state index contributed by atoms with van der Waals surface area (Å²) < 4.78 is 7.40. The average molecular weight is 243 g/mol. The SMILES string of the molecule is CN=C(C)c1ccc(-n2cnc(C)c2)c(OC)c1. The number of hydrogen-bond donors (Lipinski definition) is 0. The number of nitrogens with zero attached hydrogens (tertiary/aromatic N) is 3. The van der Waals surface area contributed by atoms with Crippen molar-refractivity contribution in [2.45, 2.75) is 13.8 Å². The van der Waals surface area contributed by atoms with Crippen LogP contribution in [0, 0.1) is 6.92 Å². The van der Waals surface area contributed by atoms with Gasteiger partial charge in [-0.1, -0.05) is 6.07 Å². The molecular formula is C14H17N3O. The lowest BCUT2D eigenvalue weighted by molar-refractivity contribution is 0.413. The van der Waals surface area contributed by atoms with Gasteiger partial charge >= 0.3 is 0 Å². The van der Waals surface area contributed by atoms with Crippen LogP contribution in [0.15, 0.2) is 35.7 Å². The van der Waals surface area contributed by atoms with Crippen LogP contribution in [0.5, 0.6) is 5.75 Å². The highest BCUT2D eigenvalue weighted by atomic mass is 16.5. The highest BCUT2D eigenvalue weighted by molar-refractivity contribution is 5.99. The van der Waals surface area contributed by atoms with Crippen molar-refractivity contribution in [2.24, 2.45) is 4.99 Å². The molecule has 0 unspecified atom stereocenters. The van der Waals surface area contributed by atoms with E-state index in [0.717, 1.165) is 28.4 Å². The van der Waals surface area contributed by atoms with Crippen LogP contribution in [-0.4, -0.2) is 29.4 Å². The highest BCUT2D eigenvalue weighted by Gasteiger charge is 2.08. The van der Waals surface area contributed by atoms with Gasteiger partial charge in [0.2, 0.25) is 0 Å². The first-order valence-electron chi connectivity index (χ1n) is 5.78. The van der Waals surface area contributed by atoms with Crippen LogP contribution in [0.2, 0.25) is 0 Å². The second-order valence-electron chi connectivity index (χ2n) is 4.12. The molecule has 0 atom stereocenters. The summed E-state index contributed by atoms with van der Waals surface area (Å²) in [5.74, 6) is 0.813. The van der Waals surface area contributed by atoms with E-state index >= 15 is 0 Å². The average Bonchev–Trinajstić information content (AvgIpc) is 2.83. The summed E-state index contributed by atoms with van der Waals surface area (Å²) in [6.07, 6.45) is 3.76. The highest BCUT2D eigenvalue weighted by Crippen LogP contribution is 2.24. The Kier molecular flexibility index (Phi) is 3.46. The Bertz CT molecular complexity index is 584. The molecule has 0 aliphatic heterocycles. The number of aromatic nitrogens is 2. The number of imidazole rings is 1. The first kappa shape index (κ1) is 12.4. The largest absolute Gasteiger partial charge is 0.495 e. The predicted octanol–water partition coefficient (Wildman–Crippen LogP) is 2.63. The molecule has 0 fully saturated rings. The summed E-state index contributed by atoms with van der Waals surface area (Å²) in [7, 11) is 3.46. The summed E-state index contributed by atoms with van der Waals surface area (Å²) in [5.41, 5.74) is 4.01. The standard InChI is InChI=1S/C14H17N3O/c1-10-8-17(9-16-10)13-6-5-12(11(2)15-3)7-14(13)18-4/h5-9H,1-4H3. The summed E-state index contributed by atoms with van der Waals surface area (Å²) >= 11 is 0. The Hall–Kier alpha value is -2.10. The number of aliphatic imine (C=N–C) groups is 1. The zero-order valence-corrected chi connectivity index (χ0v) is 11.1. The van der Waals surface area contributed by atoms with E-state index in [1.54, 1.807) is 20.5 Å². The van der Waals surface area contributed by atoms with Crippen molar-refractivity contribution >= 4 is 5.71 Å². The van der Waals surface area contributed by atoms with E-state index in [-0.39, 0.29) is 0 Å². The second kappa shape index (κ2) is 5.04. The van der Waals surface area contributed by atoms with E-state index in [0.29, 0.717) is 0 Å². The zero-order chi connectivity index (χ0) is 13.1. The van der Waals surface area contributed by atoms with E-state index in [1.807, 2.05) is 42.8 Å². The third kappa shape index (κ3) is 2.27. The molecular weight excluding hydrogens is 226 g/mol. The van der Waals surface area contributed by atoms with Crippen LogP contribution in [0.3, 0.4) is 0 Å². The topological polar surface area (TPSA) is 39.4 Å². The predicted molar refractivity (Wildman–Crippen MR) is 73.0 cm³/mol. The maximum atomic E-state index is 5.44. The fourth-order valence-electron chi connectivity index (χ4n) is 1.80. The molecule has 1 aromatic carbocycles. The molecule has 18 heavy (non-hydrogen) atoms. The van der Waals surface area contributed by atoms with Gasteiger partial charge in [0.1, 0.15) is 5.75 Å². The van der Waals surface area contributed by atoms with Crippen molar-refractivity contribution in [1.82, 2.24) is 9.55 Å². The maximum Gasteiger partial charge on any atom is 0.143 e. The smallest absolute Gasteiger partial charge is 0.143 e. The lowest BCUT2D eigenvalue weighted by Crippen LogP contribution is -2.00. The summed E-state index contributed by atoms with van der Waals surface area (Å²) in [5, 5.41) is 0. The van der Waals surface area contributed by atoms with Gasteiger partial charge in [0.05, 0.1) is 24.8 Å². The Morgan fingerprint density at radius 1 is 1.39 bits per heavy atom. The van der Waals surface area contributed by atoms with Gasteiger partial charge in [-0.3, -0.25) is 4.99 Å². The monoisotopic (exact) mass is 243 g/mol. The molecule has 1 aromatic heterocycles. The number of rotatable bonds is 3. The molecule has 4 heteroatoms. The molecule has 0 aliphatic rings. The fourth-order valence-corrected chi connectivity index (χ4v) is 1.80. The van der Waals surface area contributed by atoms with Crippen LogP contribution >= 0.6 is 0 Å². The number of methoxy groups -OCH3 is 1. The van der Waals surface area contributed by atoms with E-state index in [1.165, 1.54) is 0 Å². The zero-order valence-electron chi connectivity index (χ0n) is 11.1. The van der Waals surface area contributed by atoms with Crippen molar-refractivity contribution in [1.29, 1.82) is 0 Å². The lowest BCUT2D eigenvalue weighted by Gasteiger charge is -2.11. The van der Waals surface area contributed by atoms with Gasteiger partial charge in [0, 0.05) is 19.0 Å². The number of ether oxygens (including phenoxy) is 1. The van der Waals surface area contributed by atoms with Gasteiger partial charge in [0.25, 0.3) is 0 Å². The summed E-state index contributed by atoms with van der Waals surface area (Å²) in [4.78, 5) is 8.41. The first-order chi connectivity index (χ1) is 8.65. The summed E-state index contributed by atoms with van der Waals surface area (Å²) in [6, 6.07) is 6.05. The molecule has 0 radical (unpaired) electrons. The quantitative estimate of drug-likeness (QED) is 0.777. The van der Waals surface area contributed by atoms with E-state index < -0.39 is 0 Å². The number of hydrogen-bond acceptors (Lipinski definition) is 3. The third-order valence-corrected chi connectivity index (χ3v) is 2.92. The maximum absolute atomic E-state index is 5.44. The molecule has 0 aliphatic carbocycles. The Balaban J connectivity index is 2.50. The van der Waals surface area contributed by atoms with Crippen LogP contribution in [0.25, 0.3) is 5.69 Å². The molecule has 0 amide bonds. The van der Waals surface area contributed by atoms with E-state index in [9.17, 15) is 0 Å². The molecule has 0 saturated heterocycles. The van der Waals surface area contributed by atoms with Gasteiger partial charge in [-0.15, -0.1) is 0 Å². The van der Waals surface area contributed by atoms with Crippen molar-refractivity contribution in [2.75, 3.05) is 14.2 Å². The van der Waals surface area contributed by atoms with E-state index in [4.69, 9.17) is 4.74 Å². The first-order valence-corrected chi connectivity index (χ1v) is 5.78. The molecule has 0 saturated carbocycles. The molecule has 94 valence electrons. The van der Waals surface area contributed by atoms with Crippen LogP contribution in [-0.2, 0) is 0 Å². The van der Waals surface area contributed by atoms with Crippen molar-refractivity contribution in [3.63, 3.8) is 0 Å². The molecule has 0 bridgehead atoms. The molecule has 0 N–H and O–H groups in total. The Morgan fingerprint density at radius 2 is 2.17 bits per heavy atom. The van der Waals surface area contributed by atoms with Crippen LogP contribution < -0.4 is 4.74 Å². The molecule has 4 nitrogen and oxygen atoms in total. The molecule has 1 heterocycles. The number of benzene rings is 1. The van der Waals surface area contributed by atoms with Crippen LogP contribution in [0.1, 0.15) is 18.2 Å². The third-order valence-electron chi connectivity index (χ3n) is 2.92. The van der Waals surface area contributed by atoms with Gasteiger partial charge in [-0.2, -0.15) is 0 Å². The normalized spacial score (nSPS) is 11.7. The Labute approximate surface area is 107 Å². The minimum absolute atomic E-state index is 0.813. The van der Waals surface area contributed by atoms with Crippen LogP contribution in [0.4, 0.5) is 0 Å².